The average Bonchev–Trinajstić information content (AvgIpc) is 2.36. The maximum Gasteiger partial charge on any atom is 0.327 e. The molecule has 18 heavy (non-hydrogen) atoms. The highest BCUT2D eigenvalue weighted by Gasteiger charge is 2.29. The molecule has 6 N–H and O–H groups in total. The molecule has 0 radical (unpaired) electrons. The minimum Gasteiger partial charge on any atom is -0.478 e. The van der Waals surface area contributed by atoms with Gasteiger partial charge in [0.2, 0.25) is 0 Å². The van der Waals surface area contributed by atoms with E-state index < -0.39 is 37.0 Å². The molecule has 0 aliphatic carbocycles. The predicted molar refractivity (Wildman–Crippen MR) is 60.8 cm³/mol. The first-order chi connectivity index (χ1) is 8.31. The molecule has 0 bridgehead atoms. The van der Waals surface area contributed by atoms with Crippen LogP contribution in [0, 0.1) is 0 Å². The maximum atomic E-state index is 9.25. The Morgan fingerprint density at radius 1 is 1.22 bits per heavy atom. The van der Waals surface area contributed by atoms with E-state index in [4.69, 9.17) is 30.6 Å². The number of ether oxygens (including phenoxy) is 1. The summed E-state index contributed by atoms with van der Waals surface area (Å²) in [6, 6.07) is 0. The van der Waals surface area contributed by atoms with E-state index in [-0.39, 0.29) is 6.61 Å². The molecule has 0 saturated carbocycles. The van der Waals surface area contributed by atoms with Crippen molar-refractivity contribution in [3.05, 3.63) is 12.7 Å². The second-order valence-electron chi connectivity index (χ2n) is 3.30. The topological polar surface area (TPSA) is 148 Å². The van der Waals surface area contributed by atoms with Crippen molar-refractivity contribution in [1.82, 2.24) is 0 Å². The van der Waals surface area contributed by atoms with Crippen LogP contribution in [-0.2, 0) is 9.53 Å². The van der Waals surface area contributed by atoms with E-state index in [0.29, 0.717) is 0 Å². The number of carbonyl (C=O) groups is 1. The van der Waals surface area contributed by atoms with Crippen molar-refractivity contribution >= 4 is 5.97 Å². The third kappa shape index (κ3) is 9.05. The first-order valence-electron chi connectivity index (χ1n) is 4.99. The minimum atomic E-state index is -1.59. The number of carboxylic acid groups (broad SMARTS) is 1. The van der Waals surface area contributed by atoms with Crippen LogP contribution in [0.15, 0.2) is 12.7 Å². The lowest BCUT2D eigenvalue weighted by Gasteiger charge is -2.24. The molecule has 108 valence electrons. The van der Waals surface area contributed by atoms with Gasteiger partial charge in [-0.1, -0.05) is 6.58 Å². The Morgan fingerprint density at radius 2 is 1.61 bits per heavy atom. The fraction of sp³-hybridized carbons (Fsp3) is 0.700. The number of hydrogen-bond donors (Lipinski definition) is 6. The van der Waals surface area contributed by atoms with Gasteiger partial charge in [0.15, 0.2) is 0 Å². The molecule has 0 heterocycles. The minimum absolute atomic E-state index is 0.156. The third-order valence-corrected chi connectivity index (χ3v) is 1.84. The first-order valence-corrected chi connectivity index (χ1v) is 4.99. The van der Waals surface area contributed by atoms with E-state index in [9.17, 15) is 4.79 Å². The fourth-order valence-electron chi connectivity index (χ4n) is 0.833. The van der Waals surface area contributed by atoms with E-state index in [2.05, 4.69) is 11.3 Å². The summed E-state index contributed by atoms with van der Waals surface area (Å²) in [7, 11) is 1.32. The monoisotopic (exact) mass is 268 g/mol. The molecule has 0 aliphatic rings. The van der Waals surface area contributed by atoms with Crippen molar-refractivity contribution in [2.24, 2.45) is 0 Å². The zero-order chi connectivity index (χ0) is 14.7. The summed E-state index contributed by atoms with van der Waals surface area (Å²) in [4.78, 5) is 9.25. The normalized spacial score (nSPS) is 16.8. The van der Waals surface area contributed by atoms with E-state index >= 15 is 0 Å². The Morgan fingerprint density at radius 3 is 1.89 bits per heavy atom. The van der Waals surface area contributed by atoms with Crippen molar-refractivity contribution in [2.45, 2.75) is 24.4 Å². The zero-order valence-corrected chi connectivity index (χ0v) is 10.0. The van der Waals surface area contributed by atoms with Gasteiger partial charge < -0.3 is 35.4 Å². The van der Waals surface area contributed by atoms with Crippen LogP contribution in [-0.4, -0.2) is 81.3 Å². The predicted octanol–water partition coefficient (Wildman–Crippen LogP) is -2.67. The molecule has 8 heteroatoms. The van der Waals surface area contributed by atoms with Crippen molar-refractivity contribution in [2.75, 3.05) is 20.3 Å². The van der Waals surface area contributed by atoms with Gasteiger partial charge in [-0.15, -0.1) is 0 Å². The Kier molecular flexibility index (Phi) is 11.9. The highest BCUT2D eigenvalue weighted by molar-refractivity contribution is 5.78. The molecule has 0 aromatic rings. The third-order valence-electron chi connectivity index (χ3n) is 1.84. The van der Waals surface area contributed by atoms with E-state index in [1.54, 1.807) is 0 Å². The van der Waals surface area contributed by atoms with Crippen LogP contribution in [0.25, 0.3) is 0 Å². The van der Waals surface area contributed by atoms with Gasteiger partial charge in [-0.25, -0.2) is 4.79 Å². The van der Waals surface area contributed by atoms with Crippen molar-refractivity contribution in [3.63, 3.8) is 0 Å². The lowest BCUT2D eigenvalue weighted by Crippen LogP contribution is -2.47. The molecule has 0 spiro atoms. The molecule has 0 aromatic heterocycles. The highest BCUT2D eigenvalue weighted by Crippen LogP contribution is 2.04. The molecule has 0 aliphatic heterocycles. The van der Waals surface area contributed by atoms with Crippen LogP contribution in [0.2, 0.25) is 0 Å². The SMILES string of the molecule is C=CC(=O)O.COCC(O)C(O)C(O)C(O)CO. The quantitative estimate of drug-likeness (QED) is 0.274. The molecular weight excluding hydrogens is 248 g/mol. The van der Waals surface area contributed by atoms with Gasteiger partial charge in [-0.2, -0.15) is 0 Å². The van der Waals surface area contributed by atoms with E-state index in [1.807, 2.05) is 0 Å². The number of aliphatic hydroxyl groups excluding tert-OH is 5. The van der Waals surface area contributed by atoms with Gasteiger partial charge in [0.1, 0.15) is 24.4 Å². The standard InChI is InChI=1S/C7H16O6.C3H4O2/c1-13-3-5(10)7(12)6(11)4(9)2-8;1-2-3(4)5/h4-12H,2-3H2,1H3;2H,1H2,(H,4,5). The first kappa shape index (κ1) is 19.3. The average molecular weight is 268 g/mol. The molecule has 4 unspecified atom stereocenters. The molecule has 0 fully saturated rings. The molecule has 8 nitrogen and oxygen atoms in total. The van der Waals surface area contributed by atoms with Crippen LogP contribution < -0.4 is 0 Å². The summed E-state index contributed by atoms with van der Waals surface area (Å²) in [6.45, 7) is 2.12. The van der Waals surface area contributed by atoms with Crippen LogP contribution in [0.5, 0.6) is 0 Å². The Bertz CT molecular complexity index is 232. The Labute approximate surface area is 104 Å². The summed E-state index contributed by atoms with van der Waals surface area (Å²) < 4.78 is 4.52. The molecule has 0 saturated heterocycles. The Hall–Kier alpha value is -1.03. The summed E-state index contributed by atoms with van der Waals surface area (Å²) in [5.41, 5.74) is 0. The summed E-state index contributed by atoms with van der Waals surface area (Å²) in [6.07, 6.45) is -5.06. The highest BCUT2D eigenvalue weighted by atomic mass is 16.5. The van der Waals surface area contributed by atoms with E-state index in [1.165, 1.54) is 7.11 Å². The lowest BCUT2D eigenvalue weighted by atomic mass is 10.0. The zero-order valence-electron chi connectivity index (χ0n) is 10.0. The molecular formula is C10H20O8. The van der Waals surface area contributed by atoms with Gasteiger partial charge in [0, 0.05) is 13.2 Å². The van der Waals surface area contributed by atoms with Gasteiger partial charge in [-0.3, -0.25) is 0 Å². The summed E-state index contributed by atoms with van der Waals surface area (Å²) in [5, 5.41) is 52.3. The van der Waals surface area contributed by atoms with Crippen LogP contribution in [0.3, 0.4) is 0 Å². The summed E-state index contributed by atoms with van der Waals surface area (Å²) >= 11 is 0. The smallest absolute Gasteiger partial charge is 0.327 e. The number of aliphatic carboxylic acids is 1. The number of aliphatic hydroxyl groups is 5. The number of methoxy groups -OCH3 is 1. The summed E-state index contributed by atoms with van der Waals surface area (Å²) in [5.74, 6) is -0.981. The van der Waals surface area contributed by atoms with Crippen LogP contribution >= 0.6 is 0 Å². The second-order valence-corrected chi connectivity index (χ2v) is 3.30. The van der Waals surface area contributed by atoms with Gasteiger partial charge >= 0.3 is 5.97 Å². The van der Waals surface area contributed by atoms with Crippen molar-refractivity contribution < 1.29 is 40.2 Å². The fourth-order valence-corrected chi connectivity index (χ4v) is 0.833. The molecule has 0 amide bonds. The van der Waals surface area contributed by atoms with Crippen LogP contribution in [0.1, 0.15) is 0 Å². The lowest BCUT2D eigenvalue weighted by molar-refractivity contribution is -0.131. The molecule has 0 aromatic carbocycles. The maximum absolute atomic E-state index is 9.25. The second kappa shape index (κ2) is 11.1. The van der Waals surface area contributed by atoms with Gasteiger partial charge in [0.25, 0.3) is 0 Å². The van der Waals surface area contributed by atoms with Gasteiger partial charge in [0.05, 0.1) is 13.2 Å². The number of carboxylic acids is 1. The van der Waals surface area contributed by atoms with Crippen molar-refractivity contribution in [3.8, 4) is 0 Å². The van der Waals surface area contributed by atoms with E-state index in [0.717, 1.165) is 6.08 Å². The van der Waals surface area contributed by atoms with Gasteiger partial charge in [-0.05, 0) is 0 Å². The number of hydrogen-bond acceptors (Lipinski definition) is 7. The molecule has 4 atom stereocenters. The molecule has 0 rings (SSSR count). The van der Waals surface area contributed by atoms with Crippen molar-refractivity contribution in [1.29, 1.82) is 0 Å². The Balaban J connectivity index is 0. The van der Waals surface area contributed by atoms with Crippen LogP contribution in [0.4, 0.5) is 0 Å². The number of rotatable bonds is 7. The largest absolute Gasteiger partial charge is 0.478 e.